The van der Waals surface area contributed by atoms with Crippen LogP contribution in [0.15, 0.2) is 42.9 Å². The normalized spacial score (nSPS) is 16.1. The average Bonchev–Trinajstić information content (AvgIpc) is 3.19. The zero-order valence-corrected chi connectivity index (χ0v) is 16.1. The molecule has 2 amide bonds. The van der Waals surface area contributed by atoms with Crippen LogP contribution < -0.4 is 5.32 Å². The van der Waals surface area contributed by atoms with Crippen molar-refractivity contribution >= 4 is 6.03 Å². The molecule has 1 saturated carbocycles. The SMILES string of the molecule is CCn1cncc1CNC(=O)N(C[C@@H](O)c1ccccc1)C1CCCCC1. The number of nitrogens with zero attached hydrogens (tertiary/aromatic N) is 3. The Morgan fingerprint density at radius 3 is 2.74 bits per heavy atom. The van der Waals surface area contributed by atoms with Crippen molar-refractivity contribution < 1.29 is 9.90 Å². The number of hydrogen-bond acceptors (Lipinski definition) is 3. The highest BCUT2D eigenvalue weighted by atomic mass is 16.3. The molecule has 1 aliphatic carbocycles. The third-order valence-electron chi connectivity index (χ3n) is 5.39. The van der Waals surface area contributed by atoms with E-state index in [1.54, 1.807) is 12.5 Å². The van der Waals surface area contributed by atoms with Gasteiger partial charge in [0.1, 0.15) is 0 Å². The second-order valence-corrected chi connectivity index (χ2v) is 7.20. The lowest BCUT2D eigenvalue weighted by Gasteiger charge is -2.35. The number of urea groups is 1. The monoisotopic (exact) mass is 370 g/mol. The van der Waals surface area contributed by atoms with Crippen LogP contribution in [-0.4, -0.2) is 38.2 Å². The molecule has 1 aromatic carbocycles. The van der Waals surface area contributed by atoms with Crippen LogP contribution in [0.1, 0.15) is 56.4 Å². The first kappa shape index (κ1) is 19.4. The molecule has 6 heteroatoms. The van der Waals surface area contributed by atoms with Crippen molar-refractivity contribution in [1.29, 1.82) is 0 Å². The average molecular weight is 370 g/mol. The van der Waals surface area contributed by atoms with Crippen molar-refractivity contribution in [2.24, 2.45) is 0 Å². The van der Waals surface area contributed by atoms with Gasteiger partial charge in [-0.3, -0.25) is 0 Å². The van der Waals surface area contributed by atoms with Crippen LogP contribution in [0.2, 0.25) is 0 Å². The van der Waals surface area contributed by atoms with Gasteiger partial charge >= 0.3 is 6.03 Å². The summed E-state index contributed by atoms with van der Waals surface area (Å²) < 4.78 is 2.02. The van der Waals surface area contributed by atoms with Crippen LogP contribution >= 0.6 is 0 Å². The molecule has 1 aromatic heterocycles. The van der Waals surface area contributed by atoms with E-state index < -0.39 is 6.10 Å². The van der Waals surface area contributed by atoms with E-state index in [9.17, 15) is 9.90 Å². The molecule has 2 aromatic rings. The number of nitrogens with one attached hydrogen (secondary N) is 1. The summed E-state index contributed by atoms with van der Waals surface area (Å²) in [6.45, 7) is 3.63. The minimum Gasteiger partial charge on any atom is -0.387 e. The number of aliphatic hydroxyl groups is 1. The van der Waals surface area contributed by atoms with Crippen LogP contribution in [-0.2, 0) is 13.1 Å². The molecule has 0 spiro atoms. The van der Waals surface area contributed by atoms with E-state index >= 15 is 0 Å². The molecule has 1 heterocycles. The van der Waals surface area contributed by atoms with E-state index in [4.69, 9.17) is 0 Å². The maximum atomic E-state index is 13.0. The first-order chi connectivity index (χ1) is 13.2. The Labute approximate surface area is 161 Å². The van der Waals surface area contributed by atoms with Gasteiger partial charge in [-0.1, -0.05) is 49.6 Å². The zero-order chi connectivity index (χ0) is 19.1. The standard InChI is InChI=1S/C21H30N4O2/c1-2-24-16-22-13-19(24)14-23-21(27)25(18-11-7-4-8-12-18)15-20(26)17-9-5-3-6-10-17/h3,5-6,9-10,13,16,18,20,26H,2,4,7-8,11-12,14-15H2,1H3,(H,23,27)/t20-/m1/s1. The van der Waals surface area contributed by atoms with Crippen LogP contribution in [0.25, 0.3) is 0 Å². The maximum Gasteiger partial charge on any atom is 0.318 e. The molecule has 27 heavy (non-hydrogen) atoms. The lowest BCUT2D eigenvalue weighted by atomic mass is 9.94. The first-order valence-electron chi connectivity index (χ1n) is 9.95. The van der Waals surface area contributed by atoms with Gasteiger partial charge in [-0.25, -0.2) is 9.78 Å². The van der Waals surface area contributed by atoms with E-state index in [1.807, 2.05) is 39.8 Å². The van der Waals surface area contributed by atoms with Crippen molar-refractivity contribution in [3.63, 3.8) is 0 Å². The van der Waals surface area contributed by atoms with Crippen LogP contribution in [0.3, 0.4) is 0 Å². The van der Waals surface area contributed by atoms with Crippen LogP contribution in [0.5, 0.6) is 0 Å². The van der Waals surface area contributed by atoms with E-state index in [0.717, 1.165) is 43.5 Å². The Kier molecular flexibility index (Phi) is 6.87. The Morgan fingerprint density at radius 1 is 1.30 bits per heavy atom. The highest BCUT2D eigenvalue weighted by molar-refractivity contribution is 5.74. The highest BCUT2D eigenvalue weighted by Gasteiger charge is 2.27. The fourth-order valence-electron chi connectivity index (χ4n) is 3.81. The molecule has 0 bridgehead atoms. The molecule has 0 unspecified atom stereocenters. The largest absolute Gasteiger partial charge is 0.387 e. The lowest BCUT2D eigenvalue weighted by Crippen LogP contribution is -2.48. The second-order valence-electron chi connectivity index (χ2n) is 7.20. The van der Waals surface area contributed by atoms with Crippen molar-refractivity contribution in [2.45, 2.75) is 64.3 Å². The Hall–Kier alpha value is -2.34. The number of amides is 2. The maximum absolute atomic E-state index is 13.0. The second kappa shape index (κ2) is 9.55. The van der Waals surface area contributed by atoms with Crippen molar-refractivity contribution in [2.75, 3.05) is 6.54 Å². The summed E-state index contributed by atoms with van der Waals surface area (Å²) in [6.07, 6.45) is 8.39. The number of aryl methyl sites for hydroxylation is 1. The first-order valence-corrected chi connectivity index (χ1v) is 9.95. The topological polar surface area (TPSA) is 70.4 Å². The van der Waals surface area contributed by atoms with Gasteiger partial charge in [0.2, 0.25) is 0 Å². The molecule has 1 fully saturated rings. The van der Waals surface area contributed by atoms with E-state index in [1.165, 1.54) is 6.42 Å². The highest BCUT2D eigenvalue weighted by Crippen LogP contribution is 2.25. The third kappa shape index (κ3) is 5.10. The number of imidazole rings is 1. The van der Waals surface area contributed by atoms with Crippen molar-refractivity contribution in [3.05, 3.63) is 54.1 Å². The summed E-state index contributed by atoms with van der Waals surface area (Å²) >= 11 is 0. The summed E-state index contributed by atoms with van der Waals surface area (Å²) in [5.74, 6) is 0. The number of aliphatic hydroxyl groups excluding tert-OH is 1. The van der Waals surface area contributed by atoms with Gasteiger partial charge < -0.3 is 19.9 Å². The molecule has 0 saturated heterocycles. The van der Waals surface area contributed by atoms with Crippen molar-refractivity contribution in [3.8, 4) is 0 Å². The predicted octanol–water partition coefficient (Wildman–Crippen LogP) is 3.48. The van der Waals surface area contributed by atoms with Gasteiger partial charge in [-0.15, -0.1) is 0 Å². The number of carbonyl (C=O) groups is 1. The fourth-order valence-corrected chi connectivity index (χ4v) is 3.81. The number of aromatic nitrogens is 2. The summed E-state index contributed by atoms with van der Waals surface area (Å²) in [5, 5.41) is 13.7. The zero-order valence-electron chi connectivity index (χ0n) is 16.1. The van der Waals surface area contributed by atoms with Gasteiger partial charge in [0.05, 0.1) is 31.2 Å². The molecule has 2 N–H and O–H groups in total. The smallest absolute Gasteiger partial charge is 0.318 e. The Balaban J connectivity index is 1.67. The summed E-state index contributed by atoms with van der Waals surface area (Å²) in [5.41, 5.74) is 1.83. The number of rotatable bonds is 7. The van der Waals surface area contributed by atoms with Gasteiger partial charge in [0.15, 0.2) is 0 Å². The molecule has 0 radical (unpaired) electrons. The summed E-state index contributed by atoms with van der Waals surface area (Å²) in [7, 11) is 0. The Bertz CT molecular complexity index is 710. The van der Waals surface area contributed by atoms with Crippen LogP contribution in [0, 0.1) is 0 Å². The molecule has 1 atom stereocenters. The van der Waals surface area contributed by atoms with Crippen LogP contribution in [0.4, 0.5) is 4.79 Å². The van der Waals surface area contributed by atoms with Gasteiger partial charge in [0.25, 0.3) is 0 Å². The molecule has 1 aliphatic rings. The summed E-state index contributed by atoms with van der Waals surface area (Å²) in [6, 6.07) is 9.64. The number of hydrogen-bond donors (Lipinski definition) is 2. The van der Waals surface area contributed by atoms with E-state index in [-0.39, 0.29) is 12.1 Å². The molecule has 6 nitrogen and oxygen atoms in total. The molecule has 3 rings (SSSR count). The number of benzene rings is 1. The number of carbonyl (C=O) groups excluding carboxylic acids is 1. The minimum atomic E-state index is -0.681. The van der Waals surface area contributed by atoms with E-state index in [2.05, 4.69) is 17.2 Å². The molecule has 0 aliphatic heterocycles. The van der Waals surface area contributed by atoms with E-state index in [0.29, 0.717) is 13.1 Å². The van der Waals surface area contributed by atoms with Crippen molar-refractivity contribution in [1.82, 2.24) is 19.8 Å². The quantitative estimate of drug-likeness (QED) is 0.784. The fraction of sp³-hybridized carbons (Fsp3) is 0.524. The predicted molar refractivity (Wildman–Crippen MR) is 105 cm³/mol. The minimum absolute atomic E-state index is 0.110. The Morgan fingerprint density at radius 2 is 2.04 bits per heavy atom. The molecular formula is C21H30N4O2. The summed E-state index contributed by atoms with van der Waals surface area (Å²) in [4.78, 5) is 19.0. The van der Waals surface area contributed by atoms with Gasteiger partial charge in [-0.2, -0.15) is 0 Å². The lowest BCUT2D eigenvalue weighted by molar-refractivity contribution is 0.0899. The molecule has 146 valence electrons. The molecular weight excluding hydrogens is 340 g/mol. The van der Waals surface area contributed by atoms with Gasteiger partial charge in [-0.05, 0) is 25.3 Å². The third-order valence-corrected chi connectivity index (χ3v) is 5.39. The van der Waals surface area contributed by atoms with Gasteiger partial charge in [0, 0.05) is 18.8 Å².